The lowest BCUT2D eigenvalue weighted by Crippen LogP contribution is -2.57. The average molecular weight is 439 g/mol. The van der Waals surface area contributed by atoms with E-state index in [0.717, 1.165) is 29.7 Å². The molecule has 31 heavy (non-hydrogen) atoms. The highest BCUT2D eigenvalue weighted by atomic mass is 28.4. The number of fused-ring (bicyclic) bond motifs is 4. The summed E-state index contributed by atoms with van der Waals surface area (Å²) in [7, 11) is -0.271. The largest absolute Gasteiger partial charge is 0.497 e. The normalized spacial score (nSPS) is 27.3. The number of aromatic nitrogens is 1. The summed E-state index contributed by atoms with van der Waals surface area (Å²) in [5.74, 6) is 2.18. The van der Waals surface area contributed by atoms with E-state index in [1.807, 2.05) is 12.3 Å². The van der Waals surface area contributed by atoms with E-state index in [2.05, 4.69) is 74.6 Å². The minimum Gasteiger partial charge on any atom is -0.497 e. The summed E-state index contributed by atoms with van der Waals surface area (Å²) < 4.78 is 12.8. The third-order valence-electron chi connectivity index (χ3n) is 8.02. The van der Waals surface area contributed by atoms with Crippen LogP contribution >= 0.6 is 0 Å². The minimum absolute atomic E-state index is 0.0343. The standard InChI is InChI=1S/C26H38N2O2Si/c1-8-18-17-28-14-12-19(18)15-24(28)25(30-31(6,7)26(2,3)4)21-11-13-27-23-10-9-20(29-5)16-22(21)23/h8-11,13,16,18-19,24-25H,1,12,14-15,17H2,2-7H3/t18-,19-,24+,25-/m0/s1. The molecule has 168 valence electrons. The number of ether oxygens (including phenoxy) is 1. The van der Waals surface area contributed by atoms with Crippen LogP contribution in [-0.2, 0) is 4.43 Å². The van der Waals surface area contributed by atoms with E-state index in [0.29, 0.717) is 17.9 Å². The molecule has 3 saturated heterocycles. The molecule has 2 aromatic rings. The van der Waals surface area contributed by atoms with Gasteiger partial charge in [0, 0.05) is 24.2 Å². The molecule has 5 rings (SSSR count). The van der Waals surface area contributed by atoms with Gasteiger partial charge in [-0.25, -0.2) is 0 Å². The molecule has 0 saturated carbocycles. The molecule has 4 heterocycles. The van der Waals surface area contributed by atoms with Crippen LogP contribution in [0.4, 0.5) is 0 Å². The molecule has 2 bridgehead atoms. The lowest BCUT2D eigenvalue weighted by atomic mass is 9.73. The lowest BCUT2D eigenvalue weighted by molar-refractivity contribution is -0.0398. The van der Waals surface area contributed by atoms with Gasteiger partial charge in [0.05, 0.1) is 18.7 Å². The van der Waals surface area contributed by atoms with E-state index in [9.17, 15) is 0 Å². The van der Waals surface area contributed by atoms with E-state index in [1.165, 1.54) is 18.4 Å². The Balaban J connectivity index is 1.81. The fourth-order valence-corrected chi connectivity index (χ4v) is 6.33. The quantitative estimate of drug-likeness (QED) is 0.397. The zero-order valence-electron chi connectivity index (χ0n) is 20.0. The summed E-state index contributed by atoms with van der Waals surface area (Å²) >= 11 is 0. The Kier molecular flexibility index (Phi) is 6.05. The van der Waals surface area contributed by atoms with Crippen molar-refractivity contribution in [1.29, 1.82) is 0 Å². The maximum absolute atomic E-state index is 7.23. The van der Waals surface area contributed by atoms with Gasteiger partial charge < -0.3 is 9.16 Å². The van der Waals surface area contributed by atoms with Gasteiger partial charge in [0.25, 0.3) is 0 Å². The summed E-state index contributed by atoms with van der Waals surface area (Å²) in [4.78, 5) is 7.30. The summed E-state index contributed by atoms with van der Waals surface area (Å²) in [6, 6.07) is 8.74. The molecule has 1 aromatic heterocycles. The van der Waals surface area contributed by atoms with Crippen molar-refractivity contribution in [2.75, 3.05) is 20.2 Å². The van der Waals surface area contributed by atoms with E-state index in [4.69, 9.17) is 9.16 Å². The second-order valence-electron chi connectivity index (χ2n) is 10.8. The van der Waals surface area contributed by atoms with Gasteiger partial charge in [0.1, 0.15) is 5.75 Å². The number of rotatable bonds is 6. The Morgan fingerprint density at radius 3 is 2.65 bits per heavy atom. The zero-order valence-corrected chi connectivity index (χ0v) is 21.0. The van der Waals surface area contributed by atoms with E-state index >= 15 is 0 Å². The highest BCUT2D eigenvalue weighted by molar-refractivity contribution is 6.74. The third kappa shape index (κ3) is 4.20. The summed E-state index contributed by atoms with van der Waals surface area (Å²) in [5, 5.41) is 1.30. The van der Waals surface area contributed by atoms with E-state index < -0.39 is 8.32 Å². The molecule has 4 nitrogen and oxygen atoms in total. The molecule has 3 aliphatic heterocycles. The number of nitrogens with zero attached hydrogens (tertiary/aromatic N) is 2. The first-order valence-electron chi connectivity index (χ1n) is 11.6. The van der Waals surface area contributed by atoms with Crippen LogP contribution in [0.5, 0.6) is 5.75 Å². The molecule has 0 amide bonds. The fraction of sp³-hybridized carbons (Fsp3) is 0.577. The molecule has 0 radical (unpaired) electrons. The van der Waals surface area contributed by atoms with Crippen LogP contribution in [0.3, 0.4) is 0 Å². The topological polar surface area (TPSA) is 34.6 Å². The van der Waals surface area contributed by atoms with Crippen molar-refractivity contribution in [3.8, 4) is 5.75 Å². The Morgan fingerprint density at radius 1 is 1.26 bits per heavy atom. The van der Waals surface area contributed by atoms with E-state index in [-0.39, 0.29) is 11.1 Å². The Labute approximate surface area is 188 Å². The van der Waals surface area contributed by atoms with Crippen LogP contribution in [-0.4, -0.2) is 44.4 Å². The first kappa shape index (κ1) is 22.5. The maximum Gasteiger partial charge on any atom is 0.192 e. The predicted molar refractivity (Wildman–Crippen MR) is 131 cm³/mol. The lowest BCUT2D eigenvalue weighted by Gasteiger charge is -2.53. The number of hydrogen-bond acceptors (Lipinski definition) is 4. The minimum atomic E-state index is -2.00. The van der Waals surface area contributed by atoms with Crippen LogP contribution in [0.1, 0.15) is 45.3 Å². The van der Waals surface area contributed by atoms with Gasteiger partial charge in [-0.2, -0.15) is 0 Å². The molecule has 3 aliphatic rings. The Hall–Kier alpha value is -1.69. The maximum atomic E-state index is 7.23. The highest BCUT2D eigenvalue weighted by Crippen LogP contribution is 2.47. The number of benzene rings is 1. The molecular formula is C26H38N2O2Si. The Bertz CT molecular complexity index is 952. The molecule has 1 unspecified atom stereocenters. The van der Waals surface area contributed by atoms with E-state index in [1.54, 1.807) is 7.11 Å². The van der Waals surface area contributed by atoms with Crippen LogP contribution in [0.2, 0.25) is 18.1 Å². The summed E-state index contributed by atoms with van der Waals surface area (Å²) in [6.45, 7) is 18.1. The number of hydrogen-bond donors (Lipinski definition) is 0. The zero-order chi connectivity index (χ0) is 22.4. The molecular weight excluding hydrogens is 400 g/mol. The second-order valence-corrected chi connectivity index (χ2v) is 15.6. The third-order valence-corrected chi connectivity index (χ3v) is 12.5. The van der Waals surface area contributed by atoms with Gasteiger partial charge in [-0.15, -0.1) is 6.58 Å². The average Bonchev–Trinajstić information content (AvgIpc) is 2.76. The molecule has 0 N–H and O–H groups in total. The van der Waals surface area contributed by atoms with Crippen molar-refractivity contribution in [3.05, 3.63) is 48.7 Å². The van der Waals surface area contributed by atoms with Crippen molar-refractivity contribution < 1.29 is 9.16 Å². The summed E-state index contributed by atoms with van der Waals surface area (Å²) in [6.07, 6.45) is 6.58. The van der Waals surface area contributed by atoms with Gasteiger partial charge in [-0.1, -0.05) is 26.8 Å². The molecule has 0 spiro atoms. The van der Waals surface area contributed by atoms with Gasteiger partial charge in [0.15, 0.2) is 8.32 Å². The van der Waals surface area contributed by atoms with Crippen molar-refractivity contribution in [2.24, 2.45) is 11.8 Å². The SMILES string of the molecule is C=C[C@H]1CN2CC[C@H]1C[C@@H]2[C@@H](O[Si](C)(C)C(C)(C)C)c1ccnc2ccc(OC)cc12. The van der Waals surface area contributed by atoms with Gasteiger partial charge >= 0.3 is 0 Å². The Morgan fingerprint density at radius 2 is 2.03 bits per heavy atom. The van der Waals surface area contributed by atoms with Crippen LogP contribution in [0, 0.1) is 11.8 Å². The molecule has 0 aliphatic carbocycles. The second kappa shape index (κ2) is 8.34. The number of piperidine rings is 3. The van der Waals surface area contributed by atoms with Crippen molar-refractivity contribution >= 4 is 19.2 Å². The fourth-order valence-electron chi connectivity index (χ4n) is 5.06. The highest BCUT2D eigenvalue weighted by Gasteiger charge is 2.47. The molecule has 3 fully saturated rings. The molecule has 5 atom stereocenters. The van der Waals surface area contributed by atoms with Crippen LogP contribution in [0.25, 0.3) is 10.9 Å². The first-order valence-corrected chi connectivity index (χ1v) is 14.5. The van der Waals surface area contributed by atoms with Crippen LogP contribution < -0.4 is 4.74 Å². The van der Waals surface area contributed by atoms with Crippen molar-refractivity contribution in [2.45, 2.75) is 63.9 Å². The molecule has 5 heteroatoms. The van der Waals surface area contributed by atoms with Crippen molar-refractivity contribution in [1.82, 2.24) is 9.88 Å². The van der Waals surface area contributed by atoms with Crippen molar-refractivity contribution in [3.63, 3.8) is 0 Å². The summed E-state index contributed by atoms with van der Waals surface area (Å²) in [5.41, 5.74) is 2.25. The van der Waals surface area contributed by atoms with Gasteiger partial charge in [-0.3, -0.25) is 9.88 Å². The predicted octanol–water partition coefficient (Wildman–Crippen LogP) is 6.20. The van der Waals surface area contributed by atoms with Gasteiger partial charge in [0.2, 0.25) is 0 Å². The number of pyridine rings is 1. The first-order chi connectivity index (χ1) is 14.6. The molecule has 1 aromatic carbocycles. The van der Waals surface area contributed by atoms with Crippen LogP contribution in [0.15, 0.2) is 43.1 Å². The number of methoxy groups -OCH3 is 1. The smallest absolute Gasteiger partial charge is 0.192 e. The van der Waals surface area contributed by atoms with Gasteiger partial charge in [-0.05, 0) is 79.2 Å². The monoisotopic (exact) mass is 438 g/mol.